The van der Waals surface area contributed by atoms with E-state index < -0.39 is 30.3 Å². The second-order valence-electron chi connectivity index (χ2n) is 12.8. The number of amides is 1. The molecule has 0 fully saturated rings. The molecule has 0 aromatic heterocycles. The molecule has 1 aliphatic rings. The Kier molecular flexibility index (Phi) is 12.9. The van der Waals surface area contributed by atoms with Crippen LogP contribution in [0, 0.1) is 17.8 Å². The summed E-state index contributed by atoms with van der Waals surface area (Å²) in [4.78, 5) is 26.1. The minimum absolute atomic E-state index is 0.0418. The van der Waals surface area contributed by atoms with Gasteiger partial charge in [-0.15, -0.1) is 0 Å². The third kappa shape index (κ3) is 9.80. The summed E-state index contributed by atoms with van der Waals surface area (Å²) in [5.74, 6) is 0.428. The van der Waals surface area contributed by atoms with Crippen LogP contribution in [0.3, 0.4) is 0 Å². The van der Waals surface area contributed by atoms with Crippen LogP contribution in [0.5, 0.6) is 0 Å². The van der Waals surface area contributed by atoms with Crippen LogP contribution in [0.1, 0.15) is 69.6 Å². The minimum Gasteiger partial charge on any atom is -0.449 e. The second-order valence-corrected chi connectivity index (χ2v) is 13.7. The summed E-state index contributed by atoms with van der Waals surface area (Å²) < 4.78 is 5.74. The summed E-state index contributed by atoms with van der Waals surface area (Å²) in [6.45, 7) is 8.34. The molecule has 3 N–H and O–H groups in total. The van der Waals surface area contributed by atoms with Crippen molar-refractivity contribution in [2.24, 2.45) is 17.8 Å². The lowest BCUT2D eigenvalue weighted by molar-refractivity contribution is -0.117. The maximum atomic E-state index is 13.1. The molecule has 0 heterocycles. The molecule has 0 unspecified atom stereocenters. The fourth-order valence-electron chi connectivity index (χ4n) is 5.99. The van der Waals surface area contributed by atoms with Crippen molar-refractivity contribution in [2.45, 2.75) is 76.9 Å². The first-order valence-corrected chi connectivity index (χ1v) is 17.0. The summed E-state index contributed by atoms with van der Waals surface area (Å²) in [6, 6.07) is 25.7. The van der Waals surface area contributed by atoms with Crippen molar-refractivity contribution in [3.05, 3.63) is 108 Å². The Morgan fingerprint density at radius 3 is 2.02 bits per heavy atom. The van der Waals surface area contributed by atoms with Gasteiger partial charge in [0.1, 0.15) is 6.61 Å². The lowest BCUT2D eigenvalue weighted by Gasteiger charge is -2.25. The highest BCUT2D eigenvalue weighted by atomic mass is 32.2. The van der Waals surface area contributed by atoms with E-state index in [2.05, 4.69) is 29.6 Å². The predicted octanol–water partition coefficient (Wildman–Crippen LogP) is 7.73. The summed E-state index contributed by atoms with van der Waals surface area (Å²) in [7, 11) is 0. The molecule has 7 heteroatoms. The van der Waals surface area contributed by atoms with Crippen molar-refractivity contribution in [3.63, 3.8) is 0 Å². The molecule has 0 spiro atoms. The van der Waals surface area contributed by atoms with Gasteiger partial charge in [0, 0.05) is 11.7 Å². The predicted molar refractivity (Wildman–Crippen MR) is 183 cm³/mol. The van der Waals surface area contributed by atoms with Gasteiger partial charge in [-0.2, -0.15) is 0 Å². The van der Waals surface area contributed by atoms with E-state index >= 15 is 0 Å². The van der Waals surface area contributed by atoms with Crippen LogP contribution in [-0.2, 0) is 15.3 Å². The average Bonchev–Trinajstić information content (AvgIpc) is 3.34. The van der Waals surface area contributed by atoms with Crippen molar-refractivity contribution in [1.82, 2.24) is 5.32 Å². The number of carbonyl (C=O) groups is 2. The number of ether oxygens (including phenoxy) is 1. The van der Waals surface area contributed by atoms with Gasteiger partial charge in [-0.1, -0.05) is 130 Å². The molecule has 4 rings (SSSR count). The van der Waals surface area contributed by atoms with Crippen molar-refractivity contribution in [1.29, 1.82) is 0 Å². The number of benzene rings is 3. The van der Waals surface area contributed by atoms with Crippen molar-refractivity contribution >= 4 is 23.0 Å². The topological polar surface area (TPSA) is 95.9 Å². The van der Waals surface area contributed by atoms with Crippen LogP contribution >= 0.6 is 11.8 Å². The molecule has 0 saturated heterocycles. The van der Waals surface area contributed by atoms with Crippen LogP contribution in [0.2, 0.25) is 0 Å². The van der Waals surface area contributed by atoms with E-state index in [9.17, 15) is 19.8 Å². The van der Waals surface area contributed by atoms with Gasteiger partial charge in [-0.05, 0) is 58.9 Å². The maximum Gasteiger partial charge on any atom is 0.407 e. The van der Waals surface area contributed by atoms with Crippen LogP contribution in [-0.4, -0.2) is 46.3 Å². The molecule has 1 amide bonds. The number of hydrogen-bond donors (Lipinski definition) is 3. The number of thioether (sulfide) groups is 1. The first-order valence-electron chi connectivity index (χ1n) is 16.0. The van der Waals surface area contributed by atoms with Crippen LogP contribution in [0.15, 0.2) is 91.0 Å². The highest BCUT2D eigenvalue weighted by molar-refractivity contribution is 8.13. The lowest BCUT2D eigenvalue weighted by Crippen LogP contribution is -2.44. The SMILES string of the molecule is CC(C)C[C@H](NC(=O)OCC1c2ccccc2-c2ccccc21)[C@@H](O)C/C=C\[C@@H](O)[C@@H](CC(C)C)C(=O)SCc1ccccc1. The molecule has 0 aliphatic heterocycles. The van der Waals surface area contributed by atoms with Crippen LogP contribution < -0.4 is 5.32 Å². The van der Waals surface area contributed by atoms with Gasteiger partial charge < -0.3 is 20.3 Å². The summed E-state index contributed by atoms with van der Waals surface area (Å²) in [6.07, 6.45) is 2.25. The third-order valence-corrected chi connectivity index (χ3v) is 9.28. The quantitative estimate of drug-likeness (QED) is 0.149. The second kappa shape index (κ2) is 16.8. The fourth-order valence-corrected chi connectivity index (χ4v) is 6.94. The van der Waals surface area contributed by atoms with Gasteiger partial charge in [-0.25, -0.2) is 4.79 Å². The Hall–Kier alpha value is -3.39. The van der Waals surface area contributed by atoms with Gasteiger partial charge in [0.25, 0.3) is 0 Å². The largest absolute Gasteiger partial charge is 0.449 e. The number of alkyl carbamates (subject to hydrolysis) is 1. The first kappa shape index (κ1) is 34.5. The number of aliphatic hydroxyl groups excluding tert-OH is 2. The molecule has 240 valence electrons. The molecule has 0 bridgehead atoms. The van der Waals surface area contributed by atoms with E-state index in [1.54, 1.807) is 12.2 Å². The monoisotopic (exact) mass is 629 g/mol. The van der Waals surface area contributed by atoms with E-state index in [1.807, 2.05) is 82.3 Å². The molecule has 0 saturated carbocycles. The molecule has 45 heavy (non-hydrogen) atoms. The normalized spacial score (nSPS) is 15.5. The van der Waals surface area contributed by atoms with Crippen LogP contribution in [0.25, 0.3) is 11.1 Å². The molecular weight excluding hydrogens is 582 g/mol. The molecule has 3 aromatic rings. The van der Waals surface area contributed by atoms with Gasteiger partial charge in [0.05, 0.1) is 24.2 Å². The molecule has 4 atom stereocenters. The van der Waals surface area contributed by atoms with E-state index in [1.165, 1.54) is 11.8 Å². The highest BCUT2D eigenvalue weighted by Crippen LogP contribution is 2.44. The first-order chi connectivity index (χ1) is 21.6. The number of nitrogens with one attached hydrogen (secondary N) is 1. The highest BCUT2D eigenvalue weighted by Gasteiger charge is 2.30. The lowest BCUT2D eigenvalue weighted by atomic mass is 9.92. The van der Waals surface area contributed by atoms with E-state index in [0.29, 0.717) is 18.6 Å². The Morgan fingerprint density at radius 1 is 0.844 bits per heavy atom. The Morgan fingerprint density at radius 2 is 1.42 bits per heavy atom. The molecular formula is C38H47NO5S. The number of hydrogen-bond acceptors (Lipinski definition) is 6. The van der Waals surface area contributed by atoms with Crippen molar-refractivity contribution in [3.8, 4) is 11.1 Å². The zero-order chi connectivity index (χ0) is 32.3. The Labute approximate surface area is 272 Å². The van der Waals surface area contributed by atoms with Gasteiger partial charge >= 0.3 is 6.09 Å². The van der Waals surface area contributed by atoms with E-state index in [0.717, 1.165) is 27.8 Å². The third-order valence-electron chi connectivity index (χ3n) is 8.21. The number of carbonyl (C=O) groups excluding carboxylic acids is 2. The van der Waals surface area contributed by atoms with Gasteiger partial charge in [0.2, 0.25) is 0 Å². The van der Waals surface area contributed by atoms with E-state index in [4.69, 9.17) is 4.74 Å². The Balaban J connectivity index is 1.33. The van der Waals surface area contributed by atoms with Gasteiger partial charge in [0.15, 0.2) is 5.12 Å². The zero-order valence-corrected chi connectivity index (χ0v) is 27.6. The van der Waals surface area contributed by atoms with Crippen LogP contribution in [0.4, 0.5) is 4.79 Å². The zero-order valence-electron chi connectivity index (χ0n) is 26.8. The maximum absolute atomic E-state index is 13.1. The van der Waals surface area contributed by atoms with E-state index in [-0.39, 0.29) is 35.9 Å². The van der Waals surface area contributed by atoms with Gasteiger partial charge in [-0.3, -0.25) is 4.79 Å². The smallest absolute Gasteiger partial charge is 0.407 e. The molecule has 1 aliphatic carbocycles. The number of fused-ring (bicyclic) bond motifs is 3. The molecule has 0 radical (unpaired) electrons. The number of rotatable bonds is 15. The summed E-state index contributed by atoms with van der Waals surface area (Å²) >= 11 is 1.23. The Bertz CT molecular complexity index is 1380. The fraction of sp³-hybridized carbons (Fsp3) is 0.421. The van der Waals surface area contributed by atoms with Crippen molar-refractivity contribution in [2.75, 3.05) is 6.61 Å². The standard InChI is InChI=1S/C38H47NO5S/c1-25(2)21-32(37(42)45-24-27-13-6-5-7-14-27)35(40)19-12-20-36(41)34(22-26(3)4)39-38(43)44-23-33-30-17-10-8-15-28(30)29-16-9-11-18-31(29)33/h5-19,25-26,32-36,40-41H,20-24H2,1-4H3,(H,39,43)/b19-12-/t32-,34+,35-,36+/m1/s1. The van der Waals surface area contributed by atoms with Crippen molar-refractivity contribution < 1.29 is 24.5 Å². The molecule has 3 aromatic carbocycles. The average molecular weight is 630 g/mol. The summed E-state index contributed by atoms with van der Waals surface area (Å²) in [5, 5.41) is 24.9. The minimum atomic E-state index is -0.964. The molecule has 6 nitrogen and oxygen atoms in total. The number of aliphatic hydroxyl groups is 2. The summed E-state index contributed by atoms with van der Waals surface area (Å²) in [5.41, 5.74) is 5.67.